The molecule has 1 atom stereocenters. The fourth-order valence-corrected chi connectivity index (χ4v) is 2.84. The van der Waals surface area contributed by atoms with Crippen molar-refractivity contribution in [3.05, 3.63) is 0 Å². The Kier molecular flexibility index (Phi) is 6.95. The van der Waals surface area contributed by atoms with E-state index >= 15 is 0 Å². The summed E-state index contributed by atoms with van der Waals surface area (Å²) in [5, 5.41) is 14.9. The first-order valence-corrected chi connectivity index (χ1v) is 7.72. The Labute approximate surface area is 126 Å². The summed E-state index contributed by atoms with van der Waals surface area (Å²) in [6, 6.07) is -0.407. The summed E-state index contributed by atoms with van der Waals surface area (Å²) in [5.74, 6) is -0.168. The van der Waals surface area contributed by atoms with Crippen molar-refractivity contribution in [3.8, 4) is 0 Å². The van der Waals surface area contributed by atoms with E-state index in [2.05, 4.69) is 17.6 Å². The van der Waals surface area contributed by atoms with Crippen molar-refractivity contribution < 1.29 is 19.4 Å². The van der Waals surface area contributed by atoms with Crippen LogP contribution in [0.4, 0.5) is 4.79 Å². The Hall–Kier alpha value is -1.30. The molecule has 0 aromatic carbocycles. The van der Waals surface area contributed by atoms with Gasteiger partial charge in [0.1, 0.15) is 5.54 Å². The minimum atomic E-state index is -1.11. The molecule has 21 heavy (non-hydrogen) atoms. The van der Waals surface area contributed by atoms with Crippen molar-refractivity contribution in [1.29, 1.82) is 0 Å². The molecule has 0 bridgehead atoms. The summed E-state index contributed by atoms with van der Waals surface area (Å²) in [4.78, 5) is 23.5. The van der Waals surface area contributed by atoms with Gasteiger partial charge in [0.25, 0.3) is 0 Å². The van der Waals surface area contributed by atoms with E-state index in [1.54, 1.807) is 7.11 Å². The lowest BCUT2D eigenvalue weighted by molar-refractivity contribution is -0.146. The maximum absolute atomic E-state index is 12.0. The van der Waals surface area contributed by atoms with Crippen molar-refractivity contribution in [1.82, 2.24) is 10.6 Å². The zero-order chi connectivity index (χ0) is 15.9. The van der Waals surface area contributed by atoms with Gasteiger partial charge in [0.2, 0.25) is 0 Å². The molecule has 1 rings (SSSR count). The van der Waals surface area contributed by atoms with Gasteiger partial charge in [0, 0.05) is 13.7 Å². The molecule has 0 radical (unpaired) electrons. The Morgan fingerprint density at radius 3 is 2.48 bits per heavy atom. The van der Waals surface area contributed by atoms with E-state index in [4.69, 9.17) is 4.74 Å². The summed E-state index contributed by atoms with van der Waals surface area (Å²) >= 11 is 0. The van der Waals surface area contributed by atoms with Gasteiger partial charge in [-0.1, -0.05) is 20.3 Å². The Balaban J connectivity index is 2.51. The number of rotatable bonds is 7. The highest BCUT2D eigenvalue weighted by Gasteiger charge is 2.42. The molecule has 2 amide bonds. The summed E-state index contributed by atoms with van der Waals surface area (Å²) in [6.45, 7) is 5.11. The second-order valence-electron chi connectivity index (χ2n) is 6.13. The Morgan fingerprint density at radius 2 is 2.00 bits per heavy atom. The van der Waals surface area contributed by atoms with Gasteiger partial charge in [-0.2, -0.15) is 0 Å². The van der Waals surface area contributed by atoms with Crippen LogP contribution >= 0.6 is 0 Å². The number of carbonyl (C=O) groups is 2. The molecule has 0 heterocycles. The Morgan fingerprint density at radius 1 is 1.38 bits per heavy atom. The van der Waals surface area contributed by atoms with E-state index in [1.165, 1.54) is 0 Å². The highest BCUT2D eigenvalue weighted by atomic mass is 16.5. The van der Waals surface area contributed by atoms with Crippen LogP contribution in [0.25, 0.3) is 0 Å². The fraction of sp³-hybridized carbons (Fsp3) is 0.867. The second kappa shape index (κ2) is 8.22. The standard InChI is InChI=1S/C15H28N2O4/c1-4-12-5-7-15(8-6-12,13(18)19)17-14(20)16-9-11(2)10-21-3/h11-12H,4-10H2,1-3H3,(H,18,19)(H2,16,17,20). The highest BCUT2D eigenvalue weighted by molar-refractivity contribution is 5.86. The molecular weight excluding hydrogens is 272 g/mol. The van der Waals surface area contributed by atoms with Gasteiger partial charge in [0.15, 0.2) is 0 Å². The van der Waals surface area contributed by atoms with Crippen LogP contribution in [-0.2, 0) is 9.53 Å². The summed E-state index contributed by atoms with van der Waals surface area (Å²) in [7, 11) is 1.61. The molecule has 0 spiro atoms. The molecule has 6 heteroatoms. The molecule has 1 aliphatic rings. The lowest BCUT2D eigenvalue weighted by Gasteiger charge is -2.37. The minimum Gasteiger partial charge on any atom is -0.480 e. The molecule has 0 aromatic heterocycles. The predicted molar refractivity (Wildman–Crippen MR) is 80.2 cm³/mol. The van der Waals surface area contributed by atoms with Gasteiger partial charge in [-0.15, -0.1) is 0 Å². The number of carboxylic acids is 1. The number of carbonyl (C=O) groups excluding carboxylic acids is 1. The van der Waals surface area contributed by atoms with Crippen molar-refractivity contribution in [2.24, 2.45) is 11.8 Å². The molecule has 6 nitrogen and oxygen atoms in total. The van der Waals surface area contributed by atoms with E-state index in [1.807, 2.05) is 6.92 Å². The minimum absolute atomic E-state index is 0.192. The van der Waals surface area contributed by atoms with Crippen LogP contribution in [0.1, 0.15) is 46.0 Å². The molecule has 1 saturated carbocycles. The summed E-state index contributed by atoms with van der Waals surface area (Å²) in [6.07, 6.45) is 3.77. The number of methoxy groups -OCH3 is 1. The number of aliphatic carboxylic acids is 1. The average molecular weight is 300 g/mol. The van der Waals surface area contributed by atoms with Crippen LogP contribution < -0.4 is 10.6 Å². The molecular formula is C15H28N2O4. The molecule has 1 fully saturated rings. The van der Waals surface area contributed by atoms with Crippen LogP contribution in [0.5, 0.6) is 0 Å². The summed E-state index contributed by atoms with van der Waals surface area (Å²) < 4.78 is 5.00. The molecule has 0 saturated heterocycles. The van der Waals surface area contributed by atoms with Crippen LogP contribution in [0.3, 0.4) is 0 Å². The number of carboxylic acid groups (broad SMARTS) is 1. The van der Waals surface area contributed by atoms with Crippen LogP contribution in [0, 0.1) is 11.8 Å². The van der Waals surface area contributed by atoms with E-state index < -0.39 is 17.5 Å². The molecule has 0 aromatic rings. The molecule has 122 valence electrons. The average Bonchev–Trinajstić information content (AvgIpc) is 2.46. The number of urea groups is 1. The number of hydrogen-bond acceptors (Lipinski definition) is 3. The molecule has 3 N–H and O–H groups in total. The van der Waals surface area contributed by atoms with Crippen molar-refractivity contribution >= 4 is 12.0 Å². The number of ether oxygens (including phenoxy) is 1. The van der Waals surface area contributed by atoms with E-state index in [0.717, 1.165) is 19.3 Å². The monoisotopic (exact) mass is 300 g/mol. The molecule has 1 unspecified atom stereocenters. The van der Waals surface area contributed by atoms with Crippen LogP contribution in [0.15, 0.2) is 0 Å². The first kappa shape index (κ1) is 17.8. The maximum atomic E-state index is 12.0. The SMILES string of the molecule is CCC1CCC(NC(=O)NCC(C)COC)(C(=O)O)CC1. The van der Waals surface area contributed by atoms with Gasteiger partial charge in [-0.25, -0.2) is 9.59 Å². The third kappa shape index (κ3) is 5.19. The van der Waals surface area contributed by atoms with Gasteiger partial charge in [0.05, 0.1) is 6.61 Å². The lowest BCUT2D eigenvalue weighted by Crippen LogP contribution is -2.59. The van der Waals surface area contributed by atoms with Gasteiger partial charge < -0.3 is 20.5 Å². The number of amides is 2. The Bertz CT molecular complexity index is 352. The number of hydrogen-bond donors (Lipinski definition) is 3. The van der Waals surface area contributed by atoms with E-state index in [9.17, 15) is 14.7 Å². The topological polar surface area (TPSA) is 87.7 Å². The number of nitrogens with one attached hydrogen (secondary N) is 2. The summed E-state index contributed by atoms with van der Waals surface area (Å²) in [5.41, 5.74) is -1.11. The molecule has 1 aliphatic carbocycles. The third-order valence-corrected chi connectivity index (χ3v) is 4.36. The predicted octanol–water partition coefficient (Wildman–Crippen LogP) is 1.99. The quantitative estimate of drug-likeness (QED) is 0.671. The van der Waals surface area contributed by atoms with Crippen LogP contribution in [-0.4, -0.2) is 42.9 Å². The second-order valence-corrected chi connectivity index (χ2v) is 6.13. The van der Waals surface area contributed by atoms with Crippen molar-refractivity contribution in [3.63, 3.8) is 0 Å². The maximum Gasteiger partial charge on any atom is 0.329 e. The van der Waals surface area contributed by atoms with Gasteiger partial charge >= 0.3 is 12.0 Å². The zero-order valence-corrected chi connectivity index (χ0v) is 13.3. The normalized spacial score (nSPS) is 26.9. The fourth-order valence-electron chi connectivity index (χ4n) is 2.84. The smallest absolute Gasteiger partial charge is 0.329 e. The largest absolute Gasteiger partial charge is 0.480 e. The van der Waals surface area contributed by atoms with Gasteiger partial charge in [-0.05, 0) is 37.5 Å². The van der Waals surface area contributed by atoms with Crippen LogP contribution in [0.2, 0.25) is 0 Å². The highest BCUT2D eigenvalue weighted by Crippen LogP contribution is 2.33. The lowest BCUT2D eigenvalue weighted by atomic mass is 9.75. The van der Waals surface area contributed by atoms with Crippen molar-refractivity contribution in [2.45, 2.75) is 51.5 Å². The van der Waals surface area contributed by atoms with E-state index in [0.29, 0.717) is 31.9 Å². The third-order valence-electron chi connectivity index (χ3n) is 4.36. The first-order valence-electron chi connectivity index (χ1n) is 7.72. The zero-order valence-electron chi connectivity index (χ0n) is 13.3. The van der Waals surface area contributed by atoms with Crippen molar-refractivity contribution in [2.75, 3.05) is 20.3 Å². The van der Waals surface area contributed by atoms with Gasteiger partial charge in [-0.3, -0.25) is 0 Å². The first-order chi connectivity index (χ1) is 9.93. The van der Waals surface area contributed by atoms with E-state index in [-0.39, 0.29) is 5.92 Å². The molecule has 0 aliphatic heterocycles.